The summed E-state index contributed by atoms with van der Waals surface area (Å²) in [5.41, 5.74) is 0.197. The van der Waals surface area contributed by atoms with E-state index in [1.54, 1.807) is 7.11 Å². The first kappa shape index (κ1) is 25.6. The molecular formula is C26H25NO8. The van der Waals surface area contributed by atoms with Crippen LogP contribution in [0.15, 0.2) is 48.5 Å². The van der Waals surface area contributed by atoms with E-state index in [4.69, 9.17) is 29.2 Å². The molecule has 9 heteroatoms. The molecule has 0 aliphatic heterocycles. The van der Waals surface area contributed by atoms with Gasteiger partial charge in [-0.1, -0.05) is 24.0 Å². The molecule has 0 aliphatic rings. The van der Waals surface area contributed by atoms with Crippen molar-refractivity contribution >= 4 is 22.7 Å². The quantitative estimate of drug-likeness (QED) is 0.298. The Bertz CT molecular complexity index is 1210. The zero-order valence-corrected chi connectivity index (χ0v) is 19.2. The van der Waals surface area contributed by atoms with E-state index in [2.05, 4.69) is 16.8 Å². The average molecular weight is 479 g/mol. The average Bonchev–Trinajstić information content (AvgIpc) is 2.86. The highest BCUT2D eigenvalue weighted by Crippen LogP contribution is 2.22. The van der Waals surface area contributed by atoms with Crippen LogP contribution in [-0.4, -0.2) is 73.9 Å². The predicted octanol–water partition coefficient (Wildman–Crippen LogP) is 3.09. The molecule has 0 aliphatic carbocycles. The van der Waals surface area contributed by atoms with Crippen molar-refractivity contribution in [3.8, 4) is 17.6 Å². The number of carbonyl (C=O) groups is 2. The van der Waals surface area contributed by atoms with Crippen molar-refractivity contribution in [1.82, 2.24) is 4.98 Å². The second kappa shape index (κ2) is 13.1. The van der Waals surface area contributed by atoms with Gasteiger partial charge < -0.3 is 29.2 Å². The van der Waals surface area contributed by atoms with Crippen molar-refractivity contribution in [2.75, 3.05) is 46.8 Å². The normalized spacial score (nSPS) is 10.5. The van der Waals surface area contributed by atoms with Gasteiger partial charge in [0, 0.05) is 18.2 Å². The third-order valence-electron chi connectivity index (χ3n) is 4.73. The number of carboxylic acids is 2. The van der Waals surface area contributed by atoms with Crippen LogP contribution in [0.3, 0.4) is 0 Å². The van der Waals surface area contributed by atoms with Gasteiger partial charge in [-0.25, -0.2) is 14.6 Å². The number of carboxylic acid groups (broad SMARTS) is 2. The summed E-state index contributed by atoms with van der Waals surface area (Å²) in [4.78, 5) is 26.0. The molecule has 1 heterocycles. The molecular weight excluding hydrogens is 454 g/mol. The SMILES string of the molecule is COCCOCCOCCOc1ccc2cc(C#Cc3cc(C(=O)O)nc(C(=O)O)c3)ccc2c1. The minimum absolute atomic E-state index is 0.252. The van der Waals surface area contributed by atoms with E-state index in [9.17, 15) is 9.59 Å². The summed E-state index contributed by atoms with van der Waals surface area (Å²) in [6, 6.07) is 13.8. The first-order valence-electron chi connectivity index (χ1n) is 10.8. The van der Waals surface area contributed by atoms with Gasteiger partial charge in [-0.3, -0.25) is 0 Å². The van der Waals surface area contributed by atoms with Crippen LogP contribution in [0.2, 0.25) is 0 Å². The molecule has 0 fully saturated rings. The molecule has 0 bridgehead atoms. The van der Waals surface area contributed by atoms with E-state index in [1.807, 2.05) is 36.4 Å². The summed E-state index contributed by atoms with van der Waals surface area (Å²) >= 11 is 0. The van der Waals surface area contributed by atoms with Gasteiger partial charge in [0.05, 0.1) is 33.0 Å². The minimum atomic E-state index is -1.32. The lowest BCUT2D eigenvalue weighted by molar-refractivity contribution is 0.0180. The lowest BCUT2D eigenvalue weighted by Gasteiger charge is -2.09. The molecule has 0 atom stereocenters. The molecule has 0 unspecified atom stereocenters. The molecule has 3 rings (SSSR count). The summed E-state index contributed by atoms with van der Waals surface area (Å²) in [5, 5.41) is 20.2. The molecule has 2 N–H and O–H groups in total. The molecule has 1 aromatic heterocycles. The highest BCUT2D eigenvalue weighted by molar-refractivity contribution is 5.90. The van der Waals surface area contributed by atoms with E-state index in [0.29, 0.717) is 45.2 Å². The molecule has 35 heavy (non-hydrogen) atoms. The maximum atomic E-state index is 11.2. The number of aromatic nitrogens is 1. The zero-order valence-electron chi connectivity index (χ0n) is 19.2. The molecule has 182 valence electrons. The number of hydrogen-bond acceptors (Lipinski definition) is 7. The fraction of sp³-hybridized carbons (Fsp3) is 0.269. The molecule has 3 aromatic rings. The standard InChI is InChI=1S/C26H25NO8/c1-32-8-9-33-10-11-34-12-13-35-22-7-6-20-14-18(4-5-21(20)17-22)2-3-19-15-23(25(28)29)27-24(16-19)26(30)31/h4-7,14-17H,8-13H2,1H3,(H,28,29)(H,30,31). The number of pyridine rings is 1. The third-order valence-corrected chi connectivity index (χ3v) is 4.73. The van der Waals surface area contributed by atoms with Gasteiger partial charge in [-0.2, -0.15) is 0 Å². The number of ether oxygens (including phenoxy) is 4. The molecule has 0 saturated heterocycles. The van der Waals surface area contributed by atoms with Crippen molar-refractivity contribution in [3.63, 3.8) is 0 Å². The predicted molar refractivity (Wildman–Crippen MR) is 127 cm³/mol. The second-order valence-corrected chi connectivity index (χ2v) is 7.28. The lowest BCUT2D eigenvalue weighted by atomic mass is 10.1. The maximum absolute atomic E-state index is 11.2. The lowest BCUT2D eigenvalue weighted by Crippen LogP contribution is -2.12. The Morgan fingerprint density at radius 3 is 1.97 bits per heavy atom. The Morgan fingerprint density at radius 2 is 1.31 bits per heavy atom. The number of fused-ring (bicyclic) bond motifs is 1. The topological polar surface area (TPSA) is 124 Å². The summed E-state index contributed by atoms with van der Waals surface area (Å²) in [6.45, 7) is 2.96. The summed E-state index contributed by atoms with van der Waals surface area (Å²) in [5.74, 6) is 3.83. The fourth-order valence-corrected chi connectivity index (χ4v) is 3.04. The van der Waals surface area contributed by atoms with E-state index < -0.39 is 11.9 Å². The van der Waals surface area contributed by atoms with Crippen LogP contribution >= 0.6 is 0 Å². The Kier molecular flexibility index (Phi) is 9.57. The highest BCUT2D eigenvalue weighted by Gasteiger charge is 2.12. The Balaban J connectivity index is 1.59. The fourth-order valence-electron chi connectivity index (χ4n) is 3.04. The highest BCUT2D eigenvalue weighted by atomic mass is 16.6. The van der Waals surface area contributed by atoms with E-state index in [1.165, 1.54) is 12.1 Å². The maximum Gasteiger partial charge on any atom is 0.354 e. The van der Waals surface area contributed by atoms with Gasteiger partial charge in [0.25, 0.3) is 0 Å². The Morgan fingerprint density at radius 1 is 0.743 bits per heavy atom. The molecule has 2 aromatic carbocycles. The van der Waals surface area contributed by atoms with E-state index in [0.717, 1.165) is 16.5 Å². The first-order valence-corrected chi connectivity index (χ1v) is 10.8. The third kappa shape index (κ3) is 8.08. The van der Waals surface area contributed by atoms with Crippen molar-refractivity contribution < 1.29 is 38.7 Å². The van der Waals surface area contributed by atoms with Crippen LogP contribution in [0.4, 0.5) is 0 Å². The number of benzene rings is 2. The number of rotatable bonds is 12. The molecule has 0 saturated carbocycles. The van der Waals surface area contributed by atoms with Crippen LogP contribution in [-0.2, 0) is 14.2 Å². The summed E-state index contributed by atoms with van der Waals surface area (Å²) < 4.78 is 21.4. The number of hydrogen-bond donors (Lipinski definition) is 2. The molecule has 9 nitrogen and oxygen atoms in total. The second-order valence-electron chi connectivity index (χ2n) is 7.28. The monoisotopic (exact) mass is 479 g/mol. The Hall–Kier alpha value is -3.97. The first-order chi connectivity index (χ1) is 17.0. The van der Waals surface area contributed by atoms with Crippen LogP contribution < -0.4 is 4.74 Å². The van der Waals surface area contributed by atoms with Crippen molar-refractivity contribution in [1.29, 1.82) is 0 Å². The van der Waals surface area contributed by atoms with Crippen molar-refractivity contribution in [2.24, 2.45) is 0 Å². The molecule has 0 spiro atoms. The number of aromatic carboxylic acids is 2. The van der Waals surface area contributed by atoms with Crippen molar-refractivity contribution in [3.05, 3.63) is 71.0 Å². The van der Waals surface area contributed by atoms with Crippen LogP contribution in [0.25, 0.3) is 10.8 Å². The van der Waals surface area contributed by atoms with E-state index >= 15 is 0 Å². The van der Waals surface area contributed by atoms with Gasteiger partial charge in [-0.15, -0.1) is 0 Å². The Labute approximate surface area is 202 Å². The van der Waals surface area contributed by atoms with Gasteiger partial charge in [0.2, 0.25) is 0 Å². The van der Waals surface area contributed by atoms with Gasteiger partial charge in [-0.05, 0) is 47.2 Å². The number of methoxy groups -OCH3 is 1. The van der Waals surface area contributed by atoms with Crippen LogP contribution in [0, 0.1) is 11.8 Å². The summed E-state index contributed by atoms with van der Waals surface area (Å²) in [6.07, 6.45) is 0. The van der Waals surface area contributed by atoms with Gasteiger partial charge in [0.15, 0.2) is 0 Å². The van der Waals surface area contributed by atoms with Crippen LogP contribution in [0.1, 0.15) is 32.1 Å². The number of nitrogens with zero attached hydrogens (tertiary/aromatic N) is 1. The van der Waals surface area contributed by atoms with Crippen molar-refractivity contribution in [2.45, 2.75) is 0 Å². The minimum Gasteiger partial charge on any atom is -0.491 e. The van der Waals surface area contributed by atoms with E-state index in [-0.39, 0.29) is 17.0 Å². The zero-order chi connectivity index (χ0) is 25.0. The van der Waals surface area contributed by atoms with Gasteiger partial charge in [0.1, 0.15) is 23.7 Å². The molecule has 0 amide bonds. The smallest absolute Gasteiger partial charge is 0.354 e. The summed E-state index contributed by atoms with van der Waals surface area (Å²) in [7, 11) is 1.63. The molecule has 0 radical (unpaired) electrons. The van der Waals surface area contributed by atoms with Crippen LogP contribution in [0.5, 0.6) is 5.75 Å². The largest absolute Gasteiger partial charge is 0.491 e. The van der Waals surface area contributed by atoms with Gasteiger partial charge >= 0.3 is 11.9 Å².